The maximum absolute atomic E-state index is 15.0. The van der Waals surface area contributed by atoms with Crippen LogP contribution in [0, 0.1) is 5.92 Å². The zero-order valence-electron chi connectivity index (χ0n) is 52.9. The fourth-order valence-electron chi connectivity index (χ4n) is 11.0. The van der Waals surface area contributed by atoms with Crippen LogP contribution in [0.15, 0.2) is 140 Å². The van der Waals surface area contributed by atoms with Crippen molar-refractivity contribution >= 4 is 75.5 Å². The Bertz CT molecular complexity index is 3470. The summed E-state index contributed by atoms with van der Waals surface area (Å²) in [4.78, 5) is 139. The van der Waals surface area contributed by atoms with Crippen LogP contribution < -0.4 is 42.5 Å². The molecule has 7 unspecified atom stereocenters. The molecule has 494 valence electrons. The molecule has 7 rings (SSSR count). The molecule has 24 heteroatoms. The van der Waals surface area contributed by atoms with Gasteiger partial charge in [-0.3, -0.25) is 53.1 Å². The summed E-state index contributed by atoms with van der Waals surface area (Å²) in [5.41, 5.74) is 2.62. The van der Waals surface area contributed by atoms with Crippen molar-refractivity contribution in [3.8, 4) is 5.75 Å². The number of aliphatic hydroxyl groups is 1. The van der Waals surface area contributed by atoms with Crippen LogP contribution in [0.3, 0.4) is 0 Å². The molecule has 1 aliphatic heterocycles. The number of aromatic hydroxyl groups is 1. The van der Waals surface area contributed by atoms with Crippen LogP contribution in [0.2, 0.25) is 5.02 Å². The maximum atomic E-state index is 15.0. The van der Waals surface area contributed by atoms with Gasteiger partial charge in [-0.2, -0.15) is 0 Å². The van der Waals surface area contributed by atoms with Crippen molar-refractivity contribution in [2.75, 3.05) is 46.4 Å². The van der Waals surface area contributed by atoms with E-state index in [4.69, 9.17) is 11.6 Å². The number of fused-ring (bicyclic) bond motifs is 1. The number of phenols is 1. The second kappa shape index (κ2) is 36.1. The molecule has 0 saturated carbocycles. The SMILES string of the molecule is CC(=O)NC(Cc1ccc2ccccc2c1)C(=O)NC(Cc1ccc(Cl)cc1)C(=O)NC(Cc1cccnc1)C(=O)NC(CO)C(=O)N(C)C(Cc1ccc(O)cc1)C(=O)NC(CCCCNC(=O)c1cccnc1)C(=O)NC(CC(C)C)C(=O)NCCN1CCCC1. The molecule has 10 N–H and O–H groups in total. The third-order valence-electron chi connectivity index (χ3n) is 16.0. The van der Waals surface area contributed by atoms with Crippen molar-refractivity contribution in [1.29, 1.82) is 0 Å². The van der Waals surface area contributed by atoms with Crippen LogP contribution in [0.1, 0.15) is 91.9 Å². The normalized spacial score (nSPS) is 14.4. The Morgan fingerprint density at radius 2 is 1.12 bits per heavy atom. The highest BCUT2D eigenvalue weighted by atomic mass is 35.5. The fraction of sp³-hybridized carbons (Fsp3) is 0.406. The zero-order valence-corrected chi connectivity index (χ0v) is 53.7. The second-order valence-electron chi connectivity index (χ2n) is 23.8. The summed E-state index contributed by atoms with van der Waals surface area (Å²) in [5, 5.41) is 45.9. The van der Waals surface area contributed by atoms with Crippen LogP contribution in [0.4, 0.5) is 0 Å². The number of likely N-dealkylation sites (N-methyl/N-ethyl adjacent to an activating group) is 1. The van der Waals surface area contributed by atoms with Gasteiger partial charge in [0.2, 0.25) is 47.3 Å². The first-order valence-corrected chi connectivity index (χ1v) is 31.8. The lowest BCUT2D eigenvalue weighted by Crippen LogP contribution is -2.61. The molecule has 7 atom stereocenters. The Morgan fingerprint density at radius 3 is 1.74 bits per heavy atom. The average Bonchev–Trinajstić information content (AvgIpc) is 1.34. The standard InChI is InChI=1S/C69H85ClN12O11/c1-44(2)35-56(63(87)74-31-34-82-32-9-10-33-82)77-64(88)55(17-7-8-30-73-62(86)52-16-12-29-72-42-52)76-68(92)61(40-47-21-26-54(85)27-22-47)81(4)69(93)60(43-83)80-67(91)59(39-49-13-11-28-71-41-49)79-66(90)58(37-46-19-24-53(70)25-20-46)78-65(89)57(75-45(3)84)38-48-18-23-50-14-5-6-15-51(50)36-48/h5-6,11-16,18-29,36,41-42,44,55-61,83,85H,7-10,17,30-35,37-40,43H2,1-4H3,(H,73,86)(H,74,87)(H,75,84)(H,76,92)(H,77,88)(H,78,89)(H,79,90)(H,80,91). The highest BCUT2D eigenvalue weighted by Crippen LogP contribution is 2.20. The number of amides is 9. The molecule has 1 saturated heterocycles. The summed E-state index contributed by atoms with van der Waals surface area (Å²) >= 11 is 6.24. The van der Waals surface area contributed by atoms with Crippen LogP contribution >= 0.6 is 11.6 Å². The molecule has 2 aromatic heterocycles. The number of benzene rings is 4. The Hall–Kier alpha value is -9.32. The van der Waals surface area contributed by atoms with Gasteiger partial charge in [0.05, 0.1) is 12.2 Å². The Balaban J connectivity index is 1.12. The van der Waals surface area contributed by atoms with E-state index in [1.54, 1.807) is 66.9 Å². The van der Waals surface area contributed by atoms with E-state index in [0.29, 0.717) is 53.2 Å². The molecule has 9 amide bonds. The molecule has 6 aromatic rings. The van der Waals surface area contributed by atoms with E-state index in [0.717, 1.165) is 47.2 Å². The first kappa shape index (κ1) is 71.1. The number of unbranched alkanes of at least 4 members (excludes halogenated alkanes) is 1. The fourth-order valence-corrected chi connectivity index (χ4v) is 11.1. The Morgan fingerprint density at radius 1 is 0.559 bits per heavy atom. The number of halogens is 1. The molecule has 0 bridgehead atoms. The van der Waals surface area contributed by atoms with Gasteiger partial charge in [0.1, 0.15) is 48.0 Å². The second-order valence-corrected chi connectivity index (χ2v) is 24.3. The van der Waals surface area contributed by atoms with E-state index < -0.39 is 90.3 Å². The zero-order chi connectivity index (χ0) is 66.8. The number of rotatable bonds is 34. The minimum absolute atomic E-state index is 0.0275. The van der Waals surface area contributed by atoms with Crippen LogP contribution in [0.5, 0.6) is 5.75 Å². The Labute approximate surface area is 547 Å². The molecule has 93 heavy (non-hydrogen) atoms. The highest BCUT2D eigenvalue weighted by molar-refractivity contribution is 6.30. The monoisotopic (exact) mass is 1290 g/mol. The third kappa shape index (κ3) is 22.8. The maximum Gasteiger partial charge on any atom is 0.252 e. The molecule has 1 aliphatic rings. The number of carbonyl (C=O) groups is 9. The predicted molar refractivity (Wildman–Crippen MR) is 352 cm³/mol. The molecule has 23 nitrogen and oxygen atoms in total. The van der Waals surface area contributed by atoms with Crippen molar-refractivity contribution < 1.29 is 53.4 Å². The quantitative estimate of drug-likeness (QED) is 0.0257. The van der Waals surface area contributed by atoms with Crippen molar-refractivity contribution in [3.63, 3.8) is 0 Å². The van der Waals surface area contributed by atoms with Gasteiger partial charge in [-0.05, 0) is 133 Å². The molecule has 3 heterocycles. The molecular weight excluding hydrogens is 1210 g/mol. The van der Waals surface area contributed by atoms with E-state index in [1.807, 2.05) is 56.3 Å². The molecule has 4 aromatic carbocycles. The minimum Gasteiger partial charge on any atom is -0.508 e. The van der Waals surface area contributed by atoms with Crippen molar-refractivity contribution in [3.05, 3.63) is 173 Å². The number of nitrogens with zero attached hydrogens (tertiary/aromatic N) is 4. The minimum atomic E-state index is -1.74. The number of likely N-dealkylation sites (tertiary alicyclic amines) is 1. The van der Waals surface area contributed by atoms with Gasteiger partial charge in [-0.15, -0.1) is 0 Å². The summed E-state index contributed by atoms with van der Waals surface area (Å²) in [6, 6.07) is 22.9. The molecule has 0 aliphatic carbocycles. The lowest BCUT2D eigenvalue weighted by atomic mass is 9.99. The number of aromatic nitrogens is 2. The van der Waals surface area contributed by atoms with E-state index in [9.17, 15) is 48.6 Å². The largest absolute Gasteiger partial charge is 0.508 e. The lowest BCUT2D eigenvalue weighted by molar-refractivity contribution is -0.144. The molecular formula is C69H85ClN12O11. The summed E-state index contributed by atoms with van der Waals surface area (Å²) in [6.07, 6.45) is 8.66. The highest BCUT2D eigenvalue weighted by Gasteiger charge is 2.37. The molecule has 1 fully saturated rings. The van der Waals surface area contributed by atoms with Gasteiger partial charge in [-0.1, -0.05) is 98.2 Å². The van der Waals surface area contributed by atoms with Crippen molar-refractivity contribution in [2.24, 2.45) is 5.92 Å². The summed E-state index contributed by atoms with van der Waals surface area (Å²) < 4.78 is 0. The van der Waals surface area contributed by atoms with Gasteiger partial charge < -0.3 is 62.5 Å². The van der Waals surface area contributed by atoms with Crippen LogP contribution in [-0.2, 0) is 64.0 Å². The lowest BCUT2D eigenvalue weighted by Gasteiger charge is -2.32. The predicted octanol–water partition coefficient (Wildman–Crippen LogP) is 3.87. The van der Waals surface area contributed by atoms with E-state index >= 15 is 4.79 Å². The van der Waals surface area contributed by atoms with Gasteiger partial charge in [0, 0.05) is 89.1 Å². The number of phenolic OH excluding ortho intramolecular Hbond substituents is 1. The first-order valence-electron chi connectivity index (χ1n) is 31.5. The Kier molecular flexibility index (Phi) is 27.6. The average molecular weight is 1290 g/mol. The van der Waals surface area contributed by atoms with Gasteiger partial charge in [0.15, 0.2) is 0 Å². The van der Waals surface area contributed by atoms with Crippen LogP contribution in [0.25, 0.3) is 10.8 Å². The van der Waals surface area contributed by atoms with E-state index in [2.05, 4.69) is 57.4 Å². The van der Waals surface area contributed by atoms with Gasteiger partial charge in [-0.25, -0.2) is 0 Å². The topological polar surface area (TPSA) is 323 Å². The van der Waals surface area contributed by atoms with Crippen LogP contribution in [-0.4, -0.2) is 172 Å². The van der Waals surface area contributed by atoms with Crippen molar-refractivity contribution in [1.82, 2.24) is 62.3 Å². The smallest absolute Gasteiger partial charge is 0.252 e. The number of hydrogen-bond acceptors (Lipinski definition) is 14. The van der Waals surface area contributed by atoms with E-state index in [-0.39, 0.29) is 68.6 Å². The summed E-state index contributed by atoms with van der Waals surface area (Å²) in [7, 11) is 1.29. The number of nitrogens with one attached hydrogen (secondary N) is 8. The van der Waals surface area contributed by atoms with Crippen molar-refractivity contribution in [2.45, 2.75) is 127 Å². The third-order valence-corrected chi connectivity index (χ3v) is 16.3. The number of carbonyl (C=O) groups excluding carboxylic acids is 9. The van der Waals surface area contributed by atoms with E-state index in [1.165, 1.54) is 44.7 Å². The van der Waals surface area contributed by atoms with Gasteiger partial charge >= 0.3 is 0 Å². The number of hydrogen-bond donors (Lipinski definition) is 10. The first-order chi connectivity index (χ1) is 44.7. The number of pyridine rings is 2. The van der Waals surface area contributed by atoms with Gasteiger partial charge in [0.25, 0.3) is 5.91 Å². The molecule has 0 spiro atoms. The number of aliphatic hydroxyl groups excluding tert-OH is 1. The summed E-state index contributed by atoms with van der Waals surface area (Å²) in [6.45, 7) is 7.20. The summed E-state index contributed by atoms with van der Waals surface area (Å²) in [5.74, 6) is -6.26. The molecule has 0 radical (unpaired) electrons.